The van der Waals surface area contributed by atoms with E-state index in [2.05, 4.69) is 15.4 Å². The van der Waals surface area contributed by atoms with E-state index in [1.54, 1.807) is 20.1 Å². The third-order valence-electron chi connectivity index (χ3n) is 3.73. The number of methoxy groups -OCH3 is 1. The van der Waals surface area contributed by atoms with Crippen LogP contribution in [-0.4, -0.2) is 55.9 Å². The monoisotopic (exact) mass is 281 g/mol. The van der Waals surface area contributed by atoms with Crippen LogP contribution < -0.4 is 5.32 Å². The first-order chi connectivity index (χ1) is 9.69. The van der Waals surface area contributed by atoms with E-state index in [4.69, 9.17) is 9.26 Å². The number of aryl methyl sites for hydroxylation is 1. The quantitative estimate of drug-likeness (QED) is 0.845. The van der Waals surface area contributed by atoms with E-state index >= 15 is 0 Å². The van der Waals surface area contributed by atoms with Crippen molar-refractivity contribution in [2.45, 2.75) is 19.8 Å². The number of aromatic nitrogens is 1. The fraction of sp³-hybridized carbons (Fsp3) is 0.714. The van der Waals surface area contributed by atoms with Gasteiger partial charge in [-0.1, -0.05) is 5.16 Å². The second-order valence-electron chi connectivity index (χ2n) is 5.31. The number of amides is 1. The Morgan fingerprint density at radius 3 is 2.90 bits per heavy atom. The number of carbonyl (C=O) groups is 1. The number of hydrogen-bond donors (Lipinski definition) is 1. The summed E-state index contributed by atoms with van der Waals surface area (Å²) in [4.78, 5) is 14.3. The summed E-state index contributed by atoms with van der Waals surface area (Å²) in [5.74, 6) is 1.05. The van der Waals surface area contributed by atoms with Crippen LogP contribution in [-0.2, 0) is 4.74 Å². The molecule has 1 aliphatic rings. The molecule has 0 unspecified atom stereocenters. The second-order valence-corrected chi connectivity index (χ2v) is 5.31. The van der Waals surface area contributed by atoms with Gasteiger partial charge in [0.1, 0.15) is 5.76 Å². The van der Waals surface area contributed by atoms with Crippen LogP contribution in [0.1, 0.15) is 29.1 Å². The molecule has 0 radical (unpaired) electrons. The zero-order valence-corrected chi connectivity index (χ0v) is 12.2. The van der Waals surface area contributed by atoms with Gasteiger partial charge in [0, 0.05) is 26.3 Å². The van der Waals surface area contributed by atoms with Crippen molar-refractivity contribution < 1.29 is 14.1 Å². The predicted molar refractivity (Wildman–Crippen MR) is 74.6 cm³/mol. The number of likely N-dealkylation sites (tertiary alicyclic amines) is 1. The van der Waals surface area contributed by atoms with Gasteiger partial charge < -0.3 is 19.5 Å². The number of nitrogens with one attached hydrogen (secondary N) is 1. The average molecular weight is 281 g/mol. The van der Waals surface area contributed by atoms with Crippen molar-refractivity contribution >= 4 is 5.91 Å². The van der Waals surface area contributed by atoms with Gasteiger partial charge in [-0.05, 0) is 38.8 Å². The minimum atomic E-state index is -0.149. The summed E-state index contributed by atoms with van der Waals surface area (Å²) < 4.78 is 9.99. The number of ether oxygens (including phenoxy) is 1. The molecule has 1 aliphatic heterocycles. The molecule has 1 aromatic rings. The lowest BCUT2D eigenvalue weighted by molar-refractivity contribution is 0.0917. The number of nitrogens with zero attached hydrogens (tertiary/aromatic N) is 2. The van der Waals surface area contributed by atoms with Gasteiger partial charge in [-0.2, -0.15) is 0 Å². The zero-order valence-electron chi connectivity index (χ0n) is 12.2. The molecule has 0 saturated carbocycles. The van der Waals surface area contributed by atoms with E-state index in [0.29, 0.717) is 23.9 Å². The Labute approximate surface area is 119 Å². The lowest BCUT2D eigenvalue weighted by Crippen LogP contribution is -2.39. The lowest BCUT2D eigenvalue weighted by Gasteiger charge is -2.31. The molecule has 1 fully saturated rings. The maximum absolute atomic E-state index is 11.8. The SMILES string of the molecule is COCCN1CCC(CNC(=O)c2cc(C)on2)CC1. The molecule has 1 amide bonds. The van der Waals surface area contributed by atoms with Crippen molar-refractivity contribution in [1.29, 1.82) is 0 Å². The van der Waals surface area contributed by atoms with E-state index in [-0.39, 0.29) is 5.91 Å². The molecule has 0 aromatic carbocycles. The van der Waals surface area contributed by atoms with Gasteiger partial charge >= 0.3 is 0 Å². The first-order valence-electron chi connectivity index (χ1n) is 7.12. The standard InChI is InChI=1S/C14H23N3O3/c1-11-9-13(16-20-11)14(18)15-10-12-3-5-17(6-4-12)7-8-19-2/h9,12H,3-8,10H2,1-2H3,(H,15,18). The highest BCUT2D eigenvalue weighted by Crippen LogP contribution is 2.16. The normalized spacial score (nSPS) is 17.3. The Balaban J connectivity index is 1.67. The van der Waals surface area contributed by atoms with Crippen molar-refractivity contribution in [3.63, 3.8) is 0 Å². The average Bonchev–Trinajstić information content (AvgIpc) is 2.90. The van der Waals surface area contributed by atoms with Gasteiger partial charge in [-0.3, -0.25) is 4.79 Å². The van der Waals surface area contributed by atoms with Crippen LogP contribution in [0.15, 0.2) is 10.6 Å². The fourth-order valence-corrected chi connectivity index (χ4v) is 2.44. The third kappa shape index (κ3) is 4.31. The van der Waals surface area contributed by atoms with Gasteiger partial charge in [0.05, 0.1) is 6.61 Å². The summed E-state index contributed by atoms with van der Waals surface area (Å²) in [5.41, 5.74) is 0.361. The zero-order chi connectivity index (χ0) is 14.4. The van der Waals surface area contributed by atoms with Gasteiger partial charge in [0.2, 0.25) is 0 Å². The van der Waals surface area contributed by atoms with E-state index in [1.807, 2.05) is 0 Å². The predicted octanol–water partition coefficient (Wildman–Crippen LogP) is 1.07. The molecule has 6 nitrogen and oxygen atoms in total. The summed E-state index contributed by atoms with van der Waals surface area (Å²) in [7, 11) is 1.73. The molecule has 1 aromatic heterocycles. The van der Waals surface area contributed by atoms with Gasteiger partial charge in [0.15, 0.2) is 5.69 Å². The molecule has 1 saturated heterocycles. The number of piperidine rings is 1. The first-order valence-corrected chi connectivity index (χ1v) is 7.12. The van der Waals surface area contributed by atoms with Crippen molar-refractivity contribution in [1.82, 2.24) is 15.4 Å². The minimum absolute atomic E-state index is 0.149. The maximum Gasteiger partial charge on any atom is 0.273 e. The Morgan fingerprint density at radius 2 is 2.30 bits per heavy atom. The number of rotatable bonds is 6. The van der Waals surface area contributed by atoms with Gasteiger partial charge in [-0.15, -0.1) is 0 Å². The van der Waals surface area contributed by atoms with Crippen molar-refractivity contribution in [2.75, 3.05) is 39.9 Å². The van der Waals surface area contributed by atoms with Gasteiger partial charge in [0.25, 0.3) is 5.91 Å². The summed E-state index contributed by atoms with van der Waals surface area (Å²) in [5, 5.41) is 6.65. The highest BCUT2D eigenvalue weighted by molar-refractivity contribution is 5.92. The number of carbonyl (C=O) groups excluding carboxylic acids is 1. The largest absolute Gasteiger partial charge is 0.383 e. The van der Waals surface area contributed by atoms with Crippen molar-refractivity contribution in [3.8, 4) is 0 Å². The van der Waals surface area contributed by atoms with Crippen LogP contribution in [0.25, 0.3) is 0 Å². The molecule has 2 heterocycles. The van der Waals surface area contributed by atoms with E-state index in [1.165, 1.54) is 0 Å². The molecular weight excluding hydrogens is 258 g/mol. The third-order valence-corrected chi connectivity index (χ3v) is 3.73. The van der Waals surface area contributed by atoms with Crippen LogP contribution in [0.3, 0.4) is 0 Å². The van der Waals surface area contributed by atoms with Crippen LogP contribution in [0.4, 0.5) is 0 Å². The Bertz CT molecular complexity index is 425. The molecule has 112 valence electrons. The molecule has 0 aliphatic carbocycles. The van der Waals surface area contributed by atoms with Crippen LogP contribution in [0, 0.1) is 12.8 Å². The van der Waals surface area contributed by atoms with Crippen molar-refractivity contribution in [3.05, 3.63) is 17.5 Å². The topological polar surface area (TPSA) is 67.6 Å². The van der Waals surface area contributed by atoms with E-state index in [9.17, 15) is 4.79 Å². The molecular formula is C14H23N3O3. The Hall–Kier alpha value is -1.40. The van der Waals surface area contributed by atoms with Crippen molar-refractivity contribution in [2.24, 2.45) is 5.92 Å². The van der Waals surface area contributed by atoms with E-state index in [0.717, 1.165) is 39.1 Å². The van der Waals surface area contributed by atoms with Crippen LogP contribution in [0.2, 0.25) is 0 Å². The molecule has 20 heavy (non-hydrogen) atoms. The van der Waals surface area contributed by atoms with E-state index < -0.39 is 0 Å². The Kier molecular flexibility index (Phi) is 5.55. The fourth-order valence-electron chi connectivity index (χ4n) is 2.44. The smallest absolute Gasteiger partial charge is 0.273 e. The summed E-state index contributed by atoms with van der Waals surface area (Å²) >= 11 is 0. The Morgan fingerprint density at radius 1 is 1.55 bits per heavy atom. The molecule has 0 bridgehead atoms. The highest BCUT2D eigenvalue weighted by Gasteiger charge is 2.20. The lowest BCUT2D eigenvalue weighted by atomic mass is 9.97. The summed E-state index contributed by atoms with van der Waals surface area (Å²) in [6.45, 7) is 6.42. The molecule has 6 heteroatoms. The van der Waals surface area contributed by atoms with Crippen LogP contribution in [0.5, 0.6) is 0 Å². The highest BCUT2D eigenvalue weighted by atomic mass is 16.5. The summed E-state index contributed by atoms with van der Waals surface area (Å²) in [6.07, 6.45) is 2.23. The molecule has 0 spiro atoms. The minimum Gasteiger partial charge on any atom is -0.383 e. The molecule has 2 rings (SSSR count). The van der Waals surface area contributed by atoms with Crippen LogP contribution >= 0.6 is 0 Å². The number of hydrogen-bond acceptors (Lipinski definition) is 5. The maximum atomic E-state index is 11.8. The summed E-state index contributed by atoms with van der Waals surface area (Å²) in [6, 6.07) is 1.66. The molecule has 0 atom stereocenters. The molecule has 1 N–H and O–H groups in total. The second kappa shape index (κ2) is 7.40. The first kappa shape index (κ1) is 15.0. The van der Waals surface area contributed by atoms with Gasteiger partial charge in [-0.25, -0.2) is 0 Å².